The van der Waals surface area contributed by atoms with Gasteiger partial charge >= 0.3 is 0 Å². The molecule has 0 fully saturated rings. The van der Waals surface area contributed by atoms with Crippen LogP contribution in [0.5, 0.6) is 0 Å². The van der Waals surface area contributed by atoms with Gasteiger partial charge in [-0.15, -0.1) is 0 Å². The lowest BCUT2D eigenvalue weighted by molar-refractivity contribution is -0.120. The van der Waals surface area contributed by atoms with Crippen LogP contribution >= 0.6 is 11.5 Å². The molecule has 2 aliphatic rings. The fourth-order valence-corrected chi connectivity index (χ4v) is 6.87. The van der Waals surface area contributed by atoms with Crippen LogP contribution < -0.4 is 16.8 Å². The van der Waals surface area contributed by atoms with Gasteiger partial charge in [-0.05, 0) is 91.6 Å². The number of aromatic nitrogens is 2. The molecule has 3 heterocycles. The van der Waals surface area contributed by atoms with Crippen molar-refractivity contribution in [3.63, 3.8) is 0 Å². The monoisotopic (exact) mass is 504 g/mol. The molecule has 8 heteroatoms. The van der Waals surface area contributed by atoms with Crippen molar-refractivity contribution in [3.05, 3.63) is 61.4 Å². The molecule has 0 unspecified atom stereocenters. The summed E-state index contributed by atoms with van der Waals surface area (Å²) in [5.74, 6) is 5.87. The molecule has 1 aromatic carbocycles. The molecule has 4 N–H and O–H groups in total. The molecular weight excluding hydrogens is 472 g/mol. The van der Waals surface area contributed by atoms with E-state index in [0.717, 1.165) is 40.6 Å². The Morgan fingerprint density at radius 1 is 1.33 bits per heavy atom. The van der Waals surface area contributed by atoms with Crippen LogP contribution in [0.2, 0.25) is 0 Å². The van der Waals surface area contributed by atoms with Gasteiger partial charge < -0.3 is 9.12 Å². The minimum absolute atomic E-state index is 0.0339. The van der Waals surface area contributed by atoms with E-state index in [0.29, 0.717) is 47.7 Å². The fourth-order valence-electron chi connectivity index (χ4n) is 6.32. The molecule has 1 aliphatic carbocycles. The van der Waals surface area contributed by atoms with E-state index >= 15 is 0 Å². The van der Waals surface area contributed by atoms with Crippen molar-refractivity contribution in [2.75, 3.05) is 0 Å². The van der Waals surface area contributed by atoms with E-state index in [1.807, 2.05) is 19.9 Å². The average molecular weight is 505 g/mol. The molecule has 0 saturated heterocycles. The van der Waals surface area contributed by atoms with E-state index in [2.05, 4.69) is 30.5 Å². The summed E-state index contributed by atoms with van der Waals surface area (Å²) in [4.78, 5) is 32.0. The number of fused-ring (bicyclic) bond motifs is 4. The summed E-state index contributed by atoms with van der Waals surface area (Å²) in [5.41, 5.74) is 11.2. The third-order valence-electron chi connectivity index (χ3n) is 8.42. The van der Waals surface area contributed by atoms with Crippen LogP contribution in [0.25, 0.3) is 22.3 Å². The topological polar surface area (TPSA) is 110 Å². The van der Waals surface area contributed by atoms with Crippen LogP contribution in [0.1, 0.15) is 78.6 Å². The number of pyridine rings is 2. The lowest BCUT2D eigenvalue weighted by Crippen LogP contribution is -2.37. The SMILES string of the molecule is CCc1c([C@@](C#SO)(CC)C(C)=O)cc2n(c1=O)Cc1c-2nc2cc(C)c(C)c3c2c1[C@@H](NN)CC3. The zero-order valence-electron chi connectivity index (χ0n) is 21.4. The first kappa shape index (κ1) is 24.8. The van der Waals surface area contributed by atoms with Crippen LogP contribution in [-0.4, -0.2) is 19.9 Å². The number of carbonyl (C=O) groups excluding carboxylic acids is 1. The minimum atomic E-state index is -1.18. The van der Waals surface area contributed by atoms with Gasteiger partial charge in [-0.2, -0.15) is 0 Å². The van der Waals surface area contributed by atoms with Gasteiger partial charge in [-0.25, -0.2) is 4.98 Å². The van der Waals surface area contributed by atoms with Gasteiger partial charge in [0, 0.05) is 34.0 Å². The number of hydrazine groups is 1. The third-order valence-corrected chi connectivity index (χ3v) is 8.86. The van der Waals surface area contributed by atoms with Gasteiger partial charge in [-0.3, -0.25) is 20.9 Å². The second-order valence-corrected chi connectivity index (χ2v) is 10.4. The van der Waals surface area contributed by atoms with Gasteiger partial charge in [0.15, 0.2) is 5.78 Å². The van der Waals surface area contributed by atoms with Crippen LogP contribution in [0.4, 0.5) is 0 Å². The number of hydrogen-bond acceptors (Lipinski definition) is 6. The molecule has 2 atom stereocenters. The van der Waals surface area contributed by atoms with Crippen LogP contribution in [0.15, 0.2) is 16.9 Å². The largest absolute Gasteiger partial charge is 0.302 e. The van der Waals surface area contributed by atoms with Crippen LogP contribution in [0.3, 0.4) is 0 Å². The van der Waals surface area contributed by atoms with E-state index in [1.165, 1.54) is 23.6 Å². The number of hydrogen-bond donors (Lipinski definition) is 3. The van der Waals surface area contributed by atoms with Crippen molar-refractivity contribution in [1.82, 2.24) is 15.0 Å². The smallest absolute Gasteiger partial charge is 0.254 e. The summed E-state index contributed by atoms with van der Waals surface area (Å²) in [7, 11) is 0. The van der Waals surface area contributed by atoms with E-state index in [9.17, 15) is 14.1 Å². The van der Waals surface area contributed by atoms with Gasteiger partial charge in [-0.1, -0.05) is 13.8 Å². The molecule has 2 aromatic heterocycles. The predicted octanol–water partition coefficient (Wildman–Crippen LogP) is 4.46. The normalized spacial score (nSPS) is 17.4. The Morgan fingerprint density at radius 3 is 2.69 bits per heavy atom. The van der Waals surface area contributed by atoms with Gasteiger partial charge in [0.25, 0.3) is 5.56 Å². The number of aryl methyl sites for hydroxylation is 2. The number of nitrogens with two attached hydrogens (primary N) is 1. The summed E-state index contributed by atoms with van der Waals surface area (Å²) in [5, 5.41) is 4.05. The molecule has 0 saturated carbocycles. The van der Waals surface area contributed by atoms with Crippen LogP contribution in [-0.2, 0) is 29.6 Å². The second kappa shape index (κ2) is 8.91. The van der Waals surface area contributed by atoms with Crippen molar-refractivity contribution in [3.8, 4) is 16.6 Å². The summed E-state index contributed by atoms with van der Waals surface area (Å²) >= 11 is 0.406. The molecule has 1 aliphatic heterocycles. The zero-order chi connectivity index (χ0) is 25.9. The van der Waals surface area contributed by atoms with E-state index in [4.69, 9.17) is 10.8 Å². The molecular formula is C28H32N4O3S. The van der Waals surface area contributed by atoms with Crippen molar-refractivity contribution in [1.29, 1.82) is 0 Å². The number of nitrogens with zero attached hydrogens (tertiary/aromatic N) is 2. The Balaban J connectivity index is 1.90. The van der Waals surface area contributed by atoms with Crippen molar-refractivity contribution >= 4 is 28.1 Å². The van der Waals surface area contributed by atoms with E-state index < -0.39 is 5.41 Å². The molecule has 5 rings (SSSR count). The maximum absolute atomic E-state index is 13.9. The summed E-state index contributed by atoms with van der Waals surface area (Å²) in [6.45, 7) is 9.98. The first-order valence-electron chi connectivity index (χ1n) is 12.5. The van der Waals surface area contributed by atoms with Gasteiger partial charge in [0.05, 0.1) is 23.4 Å². The third kappa shape index (κ3) is 3.26. The number of nitrogens with one attached hydrogen (secondary N) is 1. The number of carbonyl (C=O) groups is 1. The number of ketones is 1. The molecule has 0 amide bonds. The Morgan fingerprint density at radius 2 is 2.08 bits per heavy atom. The predicted molar refractivity (Wildman–Crippen MR) is 145 cm³/mol. The maximum atomic E-state index is 13.9. The second-order valence-electron chi connectivity index (χ2n) is 9.98. The highest BCUT2D eigenvalue weighted by Crippen LogP contribution is 2.45. The Kier molecular flexibility index (Phi) is 6.14. The molecule has 7 nitrogen and oxygen atoms in total. The highest BCUT2D eigenvalue weighted by molar-refractivity contribution is 7.82. The van der Waals surface area contributed by atoms with E-state index in [1.54, 1.807) is 4.57 Å². The van der Waals surface area contributed by atoms with Crippen LogP contribution in [0, 0.1) is 19.0 Å². The minimum Gasteiger partial charge on any atom is -0.302 e. The quantitative estimate of drug-likeness (QED) is 0.210. The molecule has 3 aromatic rings. The highest BCUT2D eigenvalue weighted by Gasteiger charge is 2.40. The van der Waals surface area contributed by atoms with Crippen molar-refractivity contribution in [2.45, 2.75) is 78.3 Å². The highest BCUT2D eigenvalue weighted by atomic mass is 32.1. The zero-order valence-corrected chi connectivity index (χ0v) is 22.2. The lowest BCUT2D eigenvalue weighted by Gasteiger charge is -2.29. The average Bonchev–Trinajstić information content (AvgIpc) is 3.24. The molecule has 0 bridgehead atoms. The first-order chi connectivity index (χ1) is 17.2. The summed E-state index contributed by atoms with van der Waals surface area (Å²) < 4.78 is 11.5. The molecule has 0 spiro atoms. The molecule has 0 radical (unpaired) electrons. The lowest BCUT2D eigenvalue weighted by atomic mass is 9.74. The Labute approximate surface area is 214 Å². The summed E-state index contributed by atoms with van der Waals surface area (Å²) in [6.07, 6.45) is 2.65. The summed E-state index contributed by atoms with van der Waals surface area (Å²) in [6, 6.07) is 4.02. The first-order valence-corrected chi connectivity index (χ1v) is 13.3. The Bertz CT molecular complexity index is 1580. The van der Waals surface area contributed by atoms with Gasteiger partial charge in [0.1, 0.15) is 5.41 Å². The van der Waals surface area contributed by atoms with Crippen molar-refractivity contribution in [2.24, 2.45) is 5.84 Å². The number of rotatable bonds is 5. The molecule has 188 valence electrons. The fraction of sp³-hybridized carbons (Fsp3) is 0.429. The van der Waals surface area contributed by atoms with E-state index in [-0.39, 0.29) is 17.4 Å². The molecule has 36 heavy (non-hydrogen) atoms. The number of Topliss-reactive ketones (excluding diaryl/α,β-unsaturated/α-hetero) is 1. The van der Waals surface area contributed by atoms with Gasteiger partial charge in [0.2, 0.25) is 0 Å². The Hall–Kier alpha value is -2.87. The number of benzene rings is 1. The maximum Gasteiger partial charge on any atom is 0.254 e. The standard InChI is InChI=1S/C28H32N4O3S/c1-6-17-20(28(7-2,13-36-35)16(5)33)11-23-26-19(12-32(23)27(17)34)25-21(31-29)9-8-18-15(4)14(3)10-22(30-26)24(18)25/h10-11,21,31,35H,6-9,12,29H2,1-5H3/t21-,28+/m0/s1. The van der Waals surface area contributed by atoms with Crippen molar-refractivity contribution < 1.29 is 9.35 Å².